The van der Waals surface area contributed by atoms with Gasteiger partial charge < -0.3 is 9.63 Å². The third-order valence-corrected chi connectivity index (χ3v) is 3.69. The number of hydrogen-bond acceptors (Lipinski definition) is 4. The molecule has 0 aliphatic heterocycles. The maximum atomic E-state index is 12.9. The summed E-state index contributed by atoms with van der Waals surface area (Å²) in [4.78, 5) is 15.4. The first-order valence-corrected chi connectivity index (χ1v) is 6.47. The van der Waals surface area contributed by atoms with Crippen LogP contribution in [0.2, 0.25) is 0 Å². The summed E-state index contributed by atoms with van der Waals surface area (Å²) in [6, 6.07) is 5.77. The molecule has 0 radical (unpaired) electrons. The predicted octanol–water partition coefficient (Wildman–Crippen LogP) is 2.84. The molecule has 0 amide bonds. The summed E-state index contributed by atoms with van der Waals surface area (Å²) in [6.07, 6.45) is 2.21. The Balaban J connectivity index is 1.86. The second-order valence-corrected chi connectivity index (χ2v) is 4.95. The number of carboxylic acid groups (broad SMARTS) is 1. The van der Waals surface area contributed by atoms with Gasteiger partial charge in [0.05, 0.1) is 11.8 Å². The lowest BCUT2D eigenvalue weighted by molar-refractivity contribution is -0.142. The van der Waals surface area contributed by atoms with E-state index in [-0.39, 0.29) is 11.7 Å². The van der Waals surface area contributed by atoms with Crippen molar-refractivity contribution >= 4 is 5.97 Å². The van der Waals surface area contributed by atoms with Crippen molar-refractivity contribution in [2.24, 2.45) is 5.92 Å². The van der Waals surface area contributed by atoms with Crippen LogP contribution in [0.5, 0.6) is 0 Å². The normalized spacial score (nSPS) is 22.1. The van der Waals surface area contributed by atoms with Crippen molar-refractivity contribution in [3.8, 4) is 11.4 Å². The van der Waals surface area contributed by atoms with Crippen molar-refractivity contribution in [2.75, 3.05) is 0 Å². The zero-order valence-corrected chi connectivity index (χ0v) is 10.6. The average Bonchev–Trinajstić information content (AvgIpc) is 3.08. The summed E-state index contributed by atoms with van der Waals surface area (Å²) in [5.74, 6) is -1.13. The molecule has 0 bridgehead atoms. The van der Waals surface area contributed by atoms with Crippen LogP contribution in [-0.4, -0.2) is 21.2 Å². The Bertz CT molecular complexity index is 624. The van der Waals surface area contributed by atoms with E-state index >= 15 is 0 Å². The minimum absolute atomic E-state index is 0.228. The number of rotatable bonds is 3. The van der Waals surface area contributed by atoms with Gasteiger partial charge in [0.15, 0.2) is 0 Å². The number of hydrogen-bond donors (Lipinski definition) is 1. The fourth-order valence-electron chi connectivity index (χ4n) is 2.65. The monoisotopic (exact) mass is 276 g/mol. The van der Waals surface area contributed by atoms with E-state index in [2.05, 4.69) is 10.1 Å². The van der Waals surface area contributed by atoms with Gasteiger partial charge in [-0.15, -0.1) is 0 Å². The highest BCUT2D eigenvalue weighted by atomic mass is 19.1. The zero-order chi connectivity index (χ0) is 14.1. The van der Waals surface area contributed by atoms with Gasteiger partial charge in [-0.25, -0.2) is 4.39 Å². The van der Waals surface area contributed by atoms with Gasteiger partial charge in [-0.1, -0.05) is 11.6 Å². The molecule has 6 heteroatoms. The van der Waals surface area contributed by atoms with Crippen LogP contribution in [-0.2, 0) is 4.79 Å². The third kappa shape index (κ3) is 2.29. The first kappa shape index (κ1) is 12.8. The fraction of sp³-hybridized carbons (Fsp3) is 0.357. The van der Waals surface area contributed by atoms with Gasteiger partial charge >= 0.3 is 5.97 Å². The number of carboxylic acids is 1. The number of aromatic nitrogens is 2. The Morgan fingerprint density at radius 2 is 2.05 bits per heavy atom. The van der Waals surface area contributed by atoms with Crippen molar-refractivity contribution in [1.29, 1.82) is 0 Å². The molecule has 1 N–H and O–H groups in total. The highest BCUT2D eigenvalue weighted by Gasteiger charge is 2.37. The minimum Gasteiger partial charge on any atom is -0.481 e. The van der Waals surface area contributed by atoms with Crippen LogP contribution in [0.25, 0.3) is 11.4 Å². The van der Waals surface area contributed by atoms with Gasteiger partial charge in [-0.3, -0.25) is 4.79 Å². The molecule has 1 aromatic heterocycles. The van der Waals surface area contributed by atoms with E-state index in [0.29, 0.717) is 23.7 Å². The van der Waals surface area contributed by atoms with Crippen molar-refractivity contribution in [1.82, 2.24) is 10.1 Å². The van der Waals surface area contributed by atoms with Crippen molar-refractivity contribution in [3.63, 3.8) is 0 Å². The number of aliphatic carboxylic acids is 1. The molecule has 2 aromatic rings. The largest absolute Gasteiger partial charge is 0.481 e. The summed E-state index contributed by atoms with van der Waals surface area (Å²) in [5, 5.41) is 13.0. The minimum atomic E-state index is -0.825. The maximum absolute atomic E-state index is 12.9. The van der Waals surface area contributed by atoms with Gasteiger partial charge in [-0.2, -0.15) is 4.98 Å². The first-order chi connectivity index (χ1) is 9.65. The standard InChI is InChI=1S/C14H13FN2O3/c15-9-6-4-8(5-7-9)12-16-13(20-17-12)10-2-1-3-11(10)14(18)19/h4-7,10-11H,1-3H2,(H,18,19). The molecule has 0 saturated heterocycles. The molecule has 1 aliphatic carbocycles. The molecule has 5 nitrogen and oxygen atoms in total. The first-order valence-electron chi connectivity index (χ1n) is 6.47. The predicted molar refractivity (Wildman–Crippen MR) is 67.4 cm³/mol. The molecule has 1 saturated carbocycles. The van der Waals surface area contributed by atoms with E-state index < -0.39 is 11.9 Å². The molecule has 1 aromatic carbocycles. The Hall–Kier alpha value is -2.24. The highest BCUT2D eigenvalue weighted by molar-refractivity contribution is 5.71. The van der Waals surface area contributed by atoms with Crippen LogP contribution in [0.15, 0.2) is 28.8 Å². The number of halogens is 1. The Morgan fingerprint density at radius 3 is 2.75 bits per heavy atom. The lowest BCUT2D eigenvalue weighted by Gasteiger charge is -2.09. The molecule has 20 heavy (non-hydrogen) atoms. The third-order valence-electron chi connectivity index (χ3n) is 3.69. The SMILES string of the molecule is O=C(O)C1CCCC1c1nc(-c2ccc(F)cc2)no1. The molecule has 1 aliphatic rings. The average molecular weight is 276 g/mol. The van der Waals surface area contributed by atoms with Crippen LogP contribution in [0.3, 0.4) is 0 Å². The van der Waals surface area contributed by atoms with E-state index in [9.17, 15) is 9.18 Å². The van der Waals surface area contributed by atoms with Gasteiger partial charge in [0, 0.05) is 5.56 Å². The molecule has 1 fully saturated rings. The topological polar surface area (TPSA) is 76.2 Å². The van der Waals surface area contributed by atoms with Crippen LogP contribution >= 0.6 is 0 Å². The number of carbonyl (C=O) groups is 1. The fourth-order valence-corrected chi connectivity index (χ4v) is 2.65. The summed E-state index contributed by atoms with van der Waals surface area (Å²) in [5.41, 5.74) is 0.645. The van der Waals surface area contributed by atoms with Crippen molar-refractivity contribution < 1.29 is 18.8 Å². The van der Waals surface area contributed by atoms with Crippen LogP contribution in [0.1, 0.15) is 31.1 Å². The van der Waals surface area contributed by atoms with Gasteiger partial charge in [0.2, 0.25) is 11.7 Å². The van der Waals surface area contributed by atoms with Gasteiger partial charge in [-0.05, 0) is 37.1 Å². The van der Waals surface area contributed by atoms with Crippen LogP contribution in [0, 0.1) is 11.7 Å². The summed E-state index contributed by atoms with van der Waals surface area (Å²) in [7, 11) is 0. The molecule has 0 spiro atoms. The lowest BCUT2D eigenvalue weighted by atomic mass is 9.96. The van der Waals surface area contributed by atoms with Crippen LogP contribution < -0.4 is 0 Å². The van der Waals surface area contributed by atoms with E-state index in [4.69, 9.17) is 9.63 Å². The Kier molecular flexibility index (Phi) is 3.22. The van der Waals surface area contributed by atoms with Gasteiger partial charge in [0.25, 0.3) is 0 Å². The summed E-state index contributed by atoms with van der Waals surface area (Å²) < 4.78 is 18.1. The highest BCUT2D eigenvalue weighted by Crippen LogP contribution is 2.39. The van der Waals surface area contributed by atoms with E-state index in [1.54, 1.807) is 12.1 Å². The molecule has 104 valence electrons. The number of nitrogens with zero attached hydrogens (tertiary/aromatic N) is 2. The zero-order valence-electron chi connectivity index (χ0n) is 10.6. The van der Waals surface area contributed by atoms with Gasteiger partial charge in [0.1, 0.15) is 5.82 Å². The number of benzene rings is 1. The molecule has 2 unspecified atom stereocenters. The van der Waals surface area contributed by atoms with Crippen molar-refractivity contribution in [3.05, 3.63) is 36.0 Å². The van der Waals surface area contributed by atoms with Crippen molar-refractivity contribution in [2.45, 2.75) is 25.2 Å². The molecule has 3 rings (SSSR count). The molecular formula is C14H13FN2O3. The second kappa shape index (κ2) is 5.03. The Morgan fingerprint density at radius 1 is 1.30 bits per heavy atom. The second-order valence-electron chi connectivity index (χ2n) is 4.95. The summed E-state index contributed by atoms with van der Waals surface area (Å²) in [6.45, 7) is 0. The molecular weight excluding hydrogens is 263 g/mol. The van der Waals surface area contributed by atoms with E-state index in [0.717, 1.165) is 12.8 Å². The van der Waals surface area contributed by atoms with Crippen LogP contribution in [0.4, 0.5) is 4.39 Å². The van der Waals surface area contributed by atoms with E-state index in [1.807, 2.05) is 0 Å². The maximum Gasteiger partial charge on any atom is 0.307 e. The smallest absolute Gasteiger partial charge is 0.307 e. The quantitative estimate of drug-likeness (QED) is 0.932. The van der Waals surface area contributed by atoms with E-state index in [1.165, 1.54) is 12.1 Å². The lowest BCUT2D eigenvalue weighted by Crippen LogP contribution is -2.17. The molecule has 1 heterocycles. The molecule has 2 atom stereocenters. The Labute approximate surface area is 114 Å². The summed E-state index contributed by atoms with van der Waals surface area (Å²) >= 11 is 0.